The first-order valence-corrected chi connectivity index (χ1v) is 6.29. The van der Waals surface area contributed by atoms with Crippen molar-refractivity contribution in [1.29, 1.82) is 0 Å². The number of benzene rings is 1. The first-order valence-electron chi connectivity index (χ1n) is 6.29. The Morgan fingerprint density at radius 1 is 1.35 bits per heavy atom. The van der Waals surface area contributed by atoms with Crippen molar-refractivity contribution in [2.75, 3.05) is 0 Å². The number of amides is 1. The van der Waals surface area contributed by atoms with Crippen LogP contribution in [0.3, 0.4) is 0 Å². The molecule has 0 atom stereocenters. The summed E-state index contributed by atoms with van der Waals surface area (Å²) in [4.78, 5) is 15.3. The molecule has 7 nitrogen and oxygen atoms in total. The number of para-hydroxylation sites is 1. The highest BCUT2D eigenvalue weighted by Crippen LogP contribution is 2.22. The van der Waals surface area contributed by atoms with Gasteiger partial charge in [-0.2, -0.15) is 5.21 Å². The van der Waals surface area contributed by atoms with Gasteiger partial charge in [0.1, 0.15) is 0 Å². The van der Waals surface area contributed by atoms with Gasteiger partial charge in [0.25, 0.3) is 0 Å². The van der Waals surface area contributed by atoms with E-state index >= 15 is 0 Å². The SMILES string of the molecule is Cc1[nH]c2ccccc2c1CC(=O)NCc1nn[nH]n1. The molecule has 2 heterocycles. The van der Waals surface area contributed by atoms with Crippen LogP contribution in [0, 0.1) is 6.92 Å². The predicted molar refractivity (Wildman–Crippen MR) is 72.8 cm³/mol. The summed E-state index contributed by atoms with van der Waals surface area (Å²) >= 11 is 0. The number of H-pyrrole nitrogens is 2. The van der Waals surface area contributed by atoms with Crippen molar-refractivity contribution in [2.45, 2.75) is 19.9 Å². The lowest BCUT2D eigenvalue weighted by Crippen LogP contribution is -2.25. The van der Waals surface area contributed by atoms with E-state index in [0.717, 1.165) is 22.2 Å². The molecule has 0 fully saturated rings. The number of nitrogens with one attached hydrogen (secondary N) is 3. The topological polar surface area (TPSA) is 99.4 Å². The van der Waals surface area contributed by atoms with Crippen LogP contribution in [0.1, 0.15) is 17.1 Å². The number of carbonyl (C=O) groups excluding carboxylic acids is 1. The van der Waals surface area contributed by atoms with Crippen LogP contribution in [-0.2, 0) is 17.8 Å². The first kappa shape index (κ1) is 12.3. The molecule has 0 aliphatic heterocycles. The molecule has 0 spiro atoms. The smallest absolute Gasteiger partial charge is 0.224 e. The first-order chi connectivity index (χ1) is 9.74. The Morgan fingerprint density at radius 3 is 3.00 bits per heavy atom. The second-order valence-electron chi connectivity index (χ2n) is 4.56. The van der Waals surface area contributed by atoms with E-state index in [1.807, 2.05) is 31.2 Å². The van der Waals surface area contributed by atoms with E-state index in [9.17, 15) is 4.79 Å². The van der Waals surface area contributed by atoms with Gasteiger partial charge in [-0.1, -0.05) is 23.4 Å². The normalized spacial score (nSPS) is 10.8. The highest BCUT2D eigenvalue weighted by molar-refractivity contribution is 5.90. The maximum atomic E-state index is 12.0. The zero-order valence-electron chi connectivity index (χ0n) is 11.0. The molecule has 2 aromatic heterocycles. The number of fused-ring (bicyclic) bond motifs is 1. The molecule has 3 N–H and O–H groups in total. The van der Waals surface area contributed by atoms with Crippen LogP contribution in [0.4, 0.5) is 0 Å². The number of tetrazole rings is 1. The largest absolute Gasteiger partial charge is 0.358 e. The Bertz CT molecular complexity index is 730. The summed E-state index contributed by atoms with van der Waals surface area (Å²) in [6.45, 7) is 2.25. The van der Waals surface area contributed by atoms with Crippen molar-refractivity contribution in [3.05, 3.63) is 41.3 Å². The molecule has 0 bridgehead atoms. The molecule has 0 saturated carbocycles. The van der Waals surface area contributed by atoms with Gasteiger partial charge < -0.3 is 10.3 Å². The van der Waals surface area contributed by atoms with Crippen LogP contribution in [0.5, 0.6) is 0 Å². The van der Waals surface area contributed by atoms with E-state index < -0.39 is 0 Å². The zero-order chi connectivity index (χ0) is 13.9. The molecule has 3 rings (SSSR count). The molecule has 7 heteroatoms. The van der Waals surface area contributed by atoms with Gasteiger partial charge in [-0.15, -0.1) is 10.2 Å². The number of aromatic nitrogens is 5. The molecule has 1 amide bonds. The lowest BCUT2D eigenvalue weighted by Gasteiger charge is -2.03. The van der Waals surface area contributed by atoms with Gasteiger partial charge in [-0.05, 0) is 18.6 Å². The summed E-state index contributed by atoms with van der Waals surface area (Å²) < 4.78 is 0. The molecule has 0 unspecified atom stereocenters. The summed E-state index contributed by atoms with van der Waals surface area (Å²) in [6, 6.07) is 7.96. The van der Waals surface area contributed by atoms with Crippen molar-refractivity contribution in [3.8, 4) is 0 Å². The van der Waals surface area contributed by atoms with Gasteiger partial charge in [0.2, 0.25) is 5.91 Å². The maximum Gasteiger partial charge on any atom is 0.224 e. The molecule has 0 saturated heterocycles. The number of aryl methyl sites for hydroxylation is 1. The lowest BCUT2D eigenvalue weighted by atomic mass is 10.1. The van der Waals surface area contributed by atoms with Gasteiger partial charge in [-0.3, -0.25) is 4.79 Å². The highest BCUT2D eigenvalue weighted by Gasteiger charge is 2.12. The van der Waals surface area contributed by atoms with Gasteiger partial charge >= 0.3 is 0 Å². The second-order valence-corrected chi connectivity index (χ2v) is 4.56. The Morgan fingerprint density at radius 2 is 2.20 bits per heavy atom. The standard InChI is InChI=1S/C13H14N6O/c1-8-10(9-4-2-3-5-11(9)15-8)6-13(20)14-7-12-16-18-19-17-12/h2-5,15H,6-7H2,1H3,(H,14,20)(H,16,17,18,19). The fraction of sp³-hybridized carbons (Fsp3) is 0.231. The van der Waals surface area contributed by atoms with E-state index in [4.69, 9.17) is 0 Å². The number of nitrogens with zero attached hydrogens (tertiary/aromatic N) is 3. The Hall–Kier alpha value is -2.70. The minimum absolute atomic E-state index is 0.0670. The molecular formula is C13H14N6O. The van der Waals surface area contributed by atoms with Crippen molar-refractivity contribution in [3.63, 3.8) is 0 Å². The van der Waals surface area contributed by atoms with Crippen LogP contribution in [0.25, 0.3) is 10.9 Å². The summed E-state index contributed by atoms with van der Waals surface area (Å²) in [5.41, 5.74) is 3.08. The molecule has 20 heavy (non-hydrogen) atoms. The third kappa shape index (κ3) is 2.37. The van der Waals surface area contributed by atoms with Crippen LogP contribution >= 0.6 is 0 Å². The molecule has 3 aromatic rings. The summed E-state index contributed by atoms with van der Waals surface area (Å²) in [6.07, 6.45) is 0.327. The minimum Gasteiger partial charge on any atom is -0.358 e. The van der Waals surface area contributed by atoms with E-state index in [0.29, 0.717) is 12.2 Å². The van der Waals surface area contributed by atoms with Crippen LogP contribution in [0.15, 0.2) is 24.3 Å². The molecule has 0 radical (unpaired) electrons. The predicted octanol–water partition coefficient (Wildman–Crippen LogP) is 0.848. The van der Waals surface area contributed by atoms with Gasteiger partial charge in [0, 0.05) is 16.6 Å². The zero-order valence-corrected chi connectivity index (χ0v) is 11.0. The Balaban J connectivity index is 1.72. The fourth-order valence-electron chi connectivity index (χ4n) is 2.22. The number of rotatable bonds is 4. The van der Waals surface area contributed by atoms with E-state index in [2.05, 4.69) is 30.9 Å². The summed E-state index contributed by atoms with van der Waals surface area (Å²) in [7, 11) is 0. The third-order valence-corrected chi connectivity index (χ3v) is 3.20. The Kier molecular flexibility index (Phi) is 3.16. The molecule has 102 valence electrons. The number of hydrogen-bond acceptors (Lipinski definition) is 4. The molecular weight excluding hydrogens is 256 g/mol. The average Bonchev–Trinajstić information content (AvgIpc) is 3.06. The number of aromatic amines is 2. The fourth-order valence-corrected chi connectivity index (χ4v) is 2.22. The van der Waals surface area contributed by atoms with Gasteiger partial charge in [0.15, 0.2) is 5.82 Å². The minimum atomic E-state index is -0.0670. The van der Waals surface area contributed by atoms with E-state index in [-0.39, 0.29) is 12.5 Å². The monoisotopic (exact) mass is 270 g/mol. The highest BCUT2D eigenvalue weighted by atomic mass is 16.1. The second kappa shape index (κ2) is 5.12. The Labute approximate surface area is 114 Å². The van der Waals surface area contributed by atoms with Crippen molar-refractivity contribution >= 4 is 16.8 Å². The van der Waals surface area contributed by atoms with Gasteiger partial charge in [-0.25, -0.2) is 0 Å². The summed E-state index contributed by atoms with van der Waals surface area (Å²) in [5.74, 6) is 0.400. The third-order valence-electron chi connectivity index (χ3n) is 3.20. The van der Waals surface area contributed by atoms with Crippen molar-refractivity contribution in [2.24, 2.45) is 0 Å². The quantitative estimate of drug-likeness (QED) is 0.654. The average molecular weight is 270 g/mol. The number of carbonyl (C=O) groups is 1. The number of hydrogen-bond donors (Lipinski definition) is 3. The van der Waals surface area contributed by atoms with Crippen LogP contribution in [-0.4, -0.2) is 31.5 Å². The molecule has 0 aliphatic rings. The molecule has 1 aromatic carbocycles. The maximum absolute atomic E-state index is 12.0. The van der Waals surface area contributed by atoms with Crippen molar-refractivity contribution in [1.82, 2.24) is 30.9 Å². The van der Waals surface area contributed by atoms with Crippen LogP contribution in [0.2, 0.25) is 0 Å². The van der Waals surface area contributed by atoms with Crippen LogP contribution < -0.4 is 5.32 Å². The summed E-state index contributed by atoms with van der Waals surface area (Å²) in [5, 5.41) is 17.2. The lowest BCUT2D eigenvalue weighted by molar-refractivity contribution is -0.120. The van der Waals surface area contributed by atoms with E-state index in [1.165, 1.54) is 0 Å². The van der Waals surface area contributed by atoms with E-state index in [1.54, 1.807) is 0 Å². The molecule has 0 aliphatic carbocycles. The van der Waals surface area contributed by atoms with Crippen molar-refractivity contribution < 1.29 is 4.79 Å². The van der Waals surface area contributed by atoms with Gasteiger partial charge in [0.05, 0.1) is 13.0 Å².